The number of methoxy groups -OCH3 is 1. The summed E-state index contributed by atoms with van der Waals surface area (Å²) < 4.78 is 7.49. The Balaban J connectivity index is 2.02. The minimum atomic E-state index is -0.0179. The van der Waals surface area contributed by atoms with Gasteiger partial charge in [0.25, 0.3) is 0 Å². The molecule has 4 nitrogen and oxygen atoms in total. The highest BCUT2D eigenvalue weighted by atomic mass is 16.5. The van der Waals surface area contributed by atoms with Crippen molar-refractivity contribution in [3.05, 3.63) is 65.4 Å². The van der Waals surface area contributed by atoms with Crippen molar-refractivity contribution in [1.82, 2.24) is 4.57 Å². The lowest BCUT2D eigenvalue weighted by Gasteiger charge is -2.19. The van der Waals surface area contributed by atoms with Gasteiger partial charge in [0, 0.05) is 28.6 Å². The molecule has 0 atom stereocenters. The van der Waals surface area contributed by atoms with Crippen molar-refractivity contribution in [1.29, 1.82) is 0 Å². The molecule has 3 aromatic rings. The molecule has 1 heterocycles. The Bertz CT molecular complexity index is 1110. The lowest BCUT2D eigenvalue weighted by atomic mass is 9.88. The summed E-state index contributed by atoms with van der Waals surface area (Å²) in [6, 6.07) is 15.1. The number of nitrogens with zero attached hydrogens (tertiary/aromatic N) is 1. The van der Waals surface area contributed by atoms with Gasteiger partial charge in [0.2, 0.25) is 0 Å². The fourth-order valence-corrected chi connectivity index (χ4v) is 4.63. The lowest BCUT2D eigenvalue weighted by Crippen LogP contribution is -2.22. The van der Waals surface area contributed by atoms with Gasteiger partial charge < -0.3 is 9.30 Å². The molecule has 0 spiro atoms. The van der Waals surface area contributed by atoms with E-state index in [9.17, 15) is 9.59 Å². The average Bonchev–Trinajstić information content (AvgIpc) is 3.09. The van der Waals surface area contributed by atoms with Gasteiger partial charge in [0.15, 0.2) is 11.6 Å². The second kappa shape index (κ2) is 11.5. The first-order valence-corrected chi connectivity index (χ1v) is 12.5. The minimum Gasteiger partial charge on any atom is -0.497 e. The van der Waals surface area contributed by atoms with Gasteiger partial charge in [-0.2, -0.15) is 0 Å². The van der Waals surface area contributed by atoms with Gasteiger partial charge in [0.1, 0.15) is 5.75 Å². The maximum Gasteiger partial charge on any atom is 0.195 e. The molecule has 182 valence electrons. The molecule has 0 saturated carbocycles. The molecule has 0 saturated heterocycles. The van der Waals surface area contributed by atoms with E-state index in [0.717, 1.165) is 42.3 Å². The Morgan fingerprint density at radius 2 is 1.50 bits per heavy atom. The fourth-order valence-electron chi connectivity index (χ4n) is 4.63. The van der Waals surface area contributed by atoms with Crippen molar-refractivity contribution in [2.75, 3.05) is 7.11 Å². The van der Waals surface area contributed by atoms with Gasteiger partial charge in [-0.05, 0) is 43.7 Å². The van der Waals surface area contributed by atoms with Crippen LogP contribution >= 0.6 is 0 Å². The smallest absolute Gasteiger partial charge is 0.195 e. The van der Waals surface area contributed by atoms with Gasteiger partial charge in [0.05, 0.1) is 24.7 Å². The second-order valence-electron chi connectivity index (χ2n) is 10.2. The molecular formula is C30H39NO3. The SMILES string of the molecule is COc1ccc2c(C(=O)c3ccccc3)c(C)n(CC(=O)C(CCC(C)C)CCC(C)C)c2c1. The zero-order chi connectivity index (χ0) is 24.8. The van der Waals surface area contributed by atoms with Crippen LogP contribution in [-0.4, -0.2) is 23.2 Å². The van der Waals surface area contributed by atoms with Gasteiger partial charge >= 0.3 is 0 Å². The number of Topliss-reactive ketones (excluding diaryl/α,β-unsaturated/α-hetero) is 1. The largest absolute Gasteiger partial charge is 0.497 e. The Morgan fingerprint density at radius 1 is 0.882 bits per heavy atom. The van der Waals surface area contributed by atoms with Crippen LogP contribution < -0.4 is 4.74 Å². The summed E-state index contributed by atoms with van der Waals surface area (Å²) >= 11 is 0. The van der Waals surface area contributed by atoms with Crippen molar-refractivity contribution in [3.8, 4) is 5.75 Å². The van der Waals surface area contributed by atoms with Crippen molar-refractivity contribution < 1.29 is 14.3 Å². The molecule has 1 aromatic heterocycles. The highest BCUT2D eigenvalue weighted by Crippen LogP contribution is 2.32. The lowest BCUT2D eigenvalue weighted by molar-refractivity contribution is -0.124. The van der Waals surface area contributed by atoms with E-state index >= 15 is 0 Å². The Labute approximate surface area is 204 Å². The summed E-state index contributed by atoms with van der Waals surface area (Å²) in [6.45, 7) is 11.1. The van der Waals surface area contributed by atoms with Gasteiger partial charge in [-0.1, -0.05) is 70.9 Å². The number of benzene rings is 2. The molecule has 0 fully saturated rings. The fraction of sp³-hybridized carbons (Fsp3) is 0.467. The van der Waals surface area contributed by atoms with Crippen LogP contribution in [0, 0.1) is 24.7 Å². The molecule has 0 amide bonds. The standard InChI is InChI=1S/C30H39NO3/c1-20(2)12-14-23(15-13-21(3)4)28(32)19-31-22(5)29(30(33)24-10-8-7-9-11-24)26-17-16-25(34-6)18-27(26)31/h7-11,16-18,20-21,23H,12-15,19H2,1-6H3. The third kappa shape index (κ3) is 5.97. The number of hydrogen-bond acceptors (Lipinski definition) is 3. The molecule has 2 aromatic carbocycles. The number of aromatic nitrogens is 1. The van der Waals surface area contributed by atoms with Gasteiger partial charge in [-0.3, -0.25) is 9.59 Å². The van der Waals surface area contributed by atoms with E-state index in [-0.39, 0.29) is 24.0 Å². The highest BCUT2D eigenvalue weighted by Gasteiger charge is 2.25. The minimum absolute atomic E-state index is 0.0179. The quantitative estimate of drug-likeness (QED) is 0.267. The molecule has 0 N–H and O–H groups in total. The molecule has 4 heteroatoms. The topological polar surface area (TPSA) is 48.3 Å². The van der Waals surface area contributed by atoms with E-state index in [4.69, 9.17) is 4.74 Å². The molecule has 0 bridgehead atoms. The Hall–Kier alpha value is -2.88. The third-order valence-corrected chi connectivity index (χ3v) is 6.75. The number of hydrogen-bond donors (Lipinski definition) is 0. The first-order chi connectivity index (χ1) is 16.2. The van der Waals surface area contributed by atoms with E-state index in [0.29, 0.717) is 28.7 Å². The number of ether oxygens (including phenoxy) is 1. The predicted octanol–water partition coefficient (Wildman–Crippen LogP) is 7.25. The van der Waals surface area contributed by atoms with Crippen molar-refractivity contribution in [3.63, 3.8) is 0 Å². The molecule has 34 heavy (non-hydrogen) atoms. The van der Waals surface area contributed by atoms with Crippen molar-refractivity contribution in [2.24, 2.45) is 17.8 Å². The number of rotatable bonds is 12. The number of ketones is 2. The maximum absolute atomic E-state index is 13.6. The van der Waals surface area contributed by atoms with Crippen LogP contribution in [0.2, 0.25) is 0 Å². The van der Waals surface area contributed by atoms with Crippen molar-refractivity contribution >= 4 is 22.5 Å². The first-order valence-electron chi connectivity index (χ1n) is 12.5. The normalized spacial score (nSPS) is 11.7. The molecular weight excluding hydrogens is 422 g/mol. The summed E-state index contributed by atoms with van der Waals surface area (Å²) in [5.74, 6) is 2.14. The van der Waals surface area contributed by atoms with Crippen LogP contribution in [-0.2, 0) is 11.3 Å². The zero-order valence-electron chi connectivity index (χ0n) is 21.6. The Morgan fingerprint density at radius 3 is 2.06 bits per heavy atom. The molecule has 0 aliphatic carbocycles. The summed E-state index contributed by atoms with van der Waals surface area (Å²) in [5, 5.41) is 0.862. The number of carbonyl (C=O) groups is 2. The zero-order valence-corrected chi connectivity index (χ0v) is 21.6. The van der Waals surface area contributed by atoms with Crippen LogP contribution in [0.25, 0.3) is 10.9 Å². The van der Waals surface area contributed by atoms with Crippen LogP contribution in [0.15, 0.2) is 48.5 Å². The van der Waals surface area contributed by atoms with Gasteiger partial charge in [-0.15, -0.1) is 0 Å². The van der Waals surface area contributed by atoms with E-state index in [2.05, 4.69) is 27.7 Å². The molecule has 0 radical (unpaired) electrons. The molecule has 0 aliphatic heterocycles. The van der Waals surface area contributed by atoms with E-state index in [1.165, 1.54) is 0 Å². The Kier molecular flexibility index (Phi) is 8.71. The summed E-state index contributed by atoms with van der Waals surface area (Å²) in [7, 11) is 1.64. The van der Waals surface area contributed by atoms with Crippen LogP contribution in [0.4, 0.5) is 0 Å². The van der Waals surface area contributed by atoms with Crippen LogP contribution in [0.5, 0.6) is 5.75 Å². The average molecular weight is 462 g/mol. The predicted molar refractivity (Wildman–Crippen MR) is 140 cm³/mol. The molecule has 0 unspecified atom stereocenters. The third-order valence-electron chi connectivity index (χ3n) is 6.75. The summed E-state index contributed by atoms with van der Waals surface area (Å²) in [4.78, 5) is 27.1. The van der Waals surface area contributed by atoms with E-state index in [1.54, 1.807) is 7.11 Å². The van der Waals surface area contributed by atoms with Crippen LogP contribution in [0.1, 0.15) is 75.0 Å². The summed E-state index contributed by atoms with van der Waals surface area (Å²) in [5.41, 5.74) is 3.02. The van der Waals surface area contributed by atoms with E-state index < -0.39 is 0 Å². The van der Waals surface area contributed by atoms with Crippen molar-refractivity contribution in [2.45, 2.75) is 66.8 Å². The molecule has 0 aliphatic rings. The maximum atomic E-state index is 13.6. The molecule has 3 rings (SSSR count). The number of carbonyl (C=O) groups excluding carboxylic acids is 2. The highest BCUT2D eigenvalue weighted by molar-refractivity contribution is 6.17. The monoisotopic (exact) mass is 461 g/mol. The van der Waals surface area contributed by atoms with Crippen LogP contribution in [0.3, 0.4) is 0 Å². The second-order valence-corrected chi connectivity index (χ2v) is 10.2. The van der Waals surface area contributed by atoms with Gasteiger partial charge in [-0.25, -0.2) is 0 Å². The van der Waals surface area contributed by atoms with E-state index in [1.807, 2.05) is 60.0 Å². The summed E-state index contributed by atoms with van der Waals surface area (Å²) in [6.07, 6.45) is 3.93. The first kappa shape index (κ1) is 25.7. The number of fused-ring (bicyclic) bond motifs is 1.